The van der Waals surface area contributed by atoms with Gasteiger partial charge in [0.25, 0.3) is 0 Å². The van der Waals surface area contributed by atoms with E-state index in [2.05, 4.69) is 42.3 Å². The standard InChI is InChI=1S/C15H24N2O.ClH/c1-12-3-4-13(2)14(11-12)15(5-10-18)17-8-6-16-7-9-17;/h3-4,11,15-16,18H,5-10H2,1-2H3;1H/t15-;/m0./s1. The van der Waals surface area contributed by atoms with Gasteiger partial charge in [0.05, 0.1) is 0 Å². The van der Waals surface area contributed by atoms with E-state index in [0.29, 0.717) is 6.04 Å². The third kappa shape index (κ3) is 4.18. The Morgan fingerprint density at radius 2 is 1.95 bits per heavy atom. The third-order valence-electron chi connectivity index (χ3n) is 3.79. The number of benzene rings is 1. The van der Waals surface area contributed by atoms with Crippen LogP contribution in [0.1, 0.15) is 29.2 Å². The Morgan fingerprint density at radius 1 is 1.26 bits per heavy atom. The maximum atomic E-state index is 9.35. The first-order valence-corrected chi connectivity index (χ1v) is 6.85. The molecule has 3 nitrogen and oxygen atoms in total. The van der Waals surface area contributed by atoms with Gasteiger partial charge in [-0.05, 0) is 31.4 Å². The van der Waals surface area contributed by atoms with Crippen molar-refractivity contribution in [3.05, 3.63) is 34.9 Å². The molecule has 0 radical (unpaired) electrons. The number of aliphatic hydroxyl groups is 1. The average molecular weight is 285 g/mol. The van der Waals surface area contributed by atoms with Gasteiger partial charge < -0.3 is 10.4 Å². The van der Waals surface area contributed by atoms with Crippen molar-refractivity contribution in [1.29, 1.82) is 0 Å². The Labute approximate surface area is 122 Å². The molecule has 1 fully saturated rings. The van der Waals surface area contributed by atoms with Crippen molar-refractivity contribution in [3.63, 3.8) is 0 Å². The summed E-state index contributed by atoms with van der Waals surface area (Å²) in [6.45, 7) is 8.79. The van der Waals surface area contributed by atoms with Crippen molar-refractivity contribution >= 4 is 12.4 Å². The predicted octanol–water partition coefficient (Wildman–Crippen LogP) is 2.05. The third-order valence-corrected chi connectivity index (χ3v) is 3.79. The quantitative estimate of drug-likeness (QED) is 0.888. The lowest BCUT2D eigenvalue weighted by Gasteiger charge is -2.35. The second kappa shape index (κ2) is 7.85. The number of nitrogens with zero attached hydrogens (tertiary/aromatic N) is 1. The van der Waals surface area contributed by atoms with Gasteiger partial charge in [-0.25, -0.2) is 0 Å². The van der Waals surface area contributed by atoms with E-state index >= 15 is 0 Å². The van der Waals surface area contributed by atoms with Gasteiger partial charge >= 0.3 is 0 Å². The van der Waals surface area contributed by atoms with E-state index in [9.17, 15) is 5.11 Å². The minimum Gasteiger partial charge on any atom is -0.396 e. The molecule has 1 heterocycles. The lowest BCUT2D eigenvalue weighted by Crippen LogP contribution is -2.45. The highest BCUT2D eigenvalue weighted by atomic mass is 35.5. The molecular formula is C15H25ClN2O. The maximum Gasteiger partial charge on any atom is 0.0449 e. The van der Waals surface area contributed by atoms with E-state index in [1.165, 1.54) is 16.7 Å². The summed E-state index contributed by atoms with van der Waals surface area (Å²) < 4.78 is 0. The molecule has 0 saturated carbocycles. The van der Waals surface area contributed by atoms with Gasteiger partial charge in [0.15, 0.2) is 0 Å². The van der Waals surface area contributed by atoms with Gasteiger partial charge in [-0.1, -0.05) is 23.8 Å². The summed E-state index contributed by atoms with van der Waals surface area (Å²) in [6, 6.07) is 6.98. The van der Waals surface area contributed by atoms with Crippen LogP contribution in [0.3, 0.4) is 0 Å². The van der Waals surface area contributed by atoms with Gasteiger partial charge in [0.1, 0.15) is 0 Å². The number of rotatable bonds is 4. The number of aliphatic hydroxyl groups excluding tert-OH is 1. The van der Waals surface area contributed by atoms with E-state index in [1.807, 2.05) is 0 Å². The monoisotopic (exact) mass is 284 g/mol. The summed E-state index contributed by atoms with van der Waals surface area (Å²) in [5, 5.41) is 12.7. The Balaban J connectivity index is 0.00000180. The average Bonchev–Trinajstić information content (AvgIpc) is 2.40. The minimum atomic E-state index is 0. The number of hydrogen-bond acceptors (Lipinski definition) is 3. The van der Waals surface area contributed by atoms with E-state index in [1.54, 1.807) is 0 Å². The van der Waals surface area contributed by atoms with Crippen LogP contribution in [0.15, 0.2) is 18.2 Å². The molecule has 1 saturated heterocycles. The molecule has 108 valence electrons. The van der Waals surface area contributed by atoms with Crippen molar-refractivity contribution in [2.45, 2.75) is 26.3 Å². The molecule has 2 N–H and O–H groups in total. The van der Waals surface area contributed by atoms with Crippen LogP contribution in [0, 0.1) is 13.8 Å². The molecule has 4 heteroatoms. The van der Waals surface area contributed by atoms with Crippen LogP contribution in [0.5, 0.6) is 0 Å². The molecular weight excluding hydrogens is 260 g/mol. The molecule has 0 spiro atoms. The van der Waals surface area contributed by atoms with E-state index in [0.717, 1.165) is 32.6 Å². The first-order valence-electron chi connectivity index (χ1n) is 6.85. The van der Waals surface area contributed by atoms with Crippen molar-refractivity contribution < 1.29 is 5.11 Å². The zero-order valence-corrected chi connectivity index (χ0v) is 12.7. The Hall–Kier alpha value is -0.610. The second-order valence-electron chi connectivity index (χ2n) is 5.17. The van der Waals surface area contributed by atoms with Crippen molar-refractivity contribution in [2.75, 3.05) is 32.8 Å². The molecule has 0 aliphatic carbocycles. The van der Waals surface area contributed by atoms with Gasteiger partial charge in [-0.2, -0.15) is 0 Å². The molecule has 1 aromatic rings. The number of aryl methyl sites for hydroxylation is 2. The Bertz CT molecular complexity index is 392. The summed E-state index contributed by atoms with van der Waals surface area (Å²) in [5.41, 5.74) is 4.01. The van der Waals surface area contributed by atoms with Gasteiger partial charge in [0.2, 0.25) is 0 Å². The zero-order chi connectivity index (χ0) is 13.0. The van der Waals surface area contributed by atoms with Crippen LogP contribution in [0.25, 0.3) is 0 Å². The summed E-state index contributed by atoms with van der Waals surface area (Å²) in [4.78, 5) is 2.49. The maximum absolute atomic E-state index is 9.35. The van der Waals surface area contributed by atoms with Gasteiger partial charge in [-0.15, -0.1) is 12.4 Å². The highest BCUT2D eigenvalue weighted by Gasteiger charge is 2.22. The smallest absolute Gasteiger partial charge is 0.0449 e. The van der Waals surface area contributed by atoms with Crippen LogP contribution < -0.4 is 5.32 Å². The molecule has 1 aromatic carbocycles. The molecule has 1 aliphatic rings. The lowest BCUT2D eigenvalue weighted by atomic mass is 9.95. The lowest BCUT2D eigenvalue weighted by molar-refractivity contribution is 0.140. The van der Waals surface area contributed by atoms with Crippen LogP contribution in [-0.2, 0) is 0 Å². The molecule has 2 rings (SSSR count). The van der Waals surface area contributed by atoms with Gasteiger partial charge in [0, 0.05) is 38.8 Å². The molecule has 1 aliphatic heterocycles. The van der Waals surface area contributed by atoms with Crippen molar-refractivity contribution in [1.82, 2.24) is 10.2 Å². The largest absolute Gasteiger partial charge is 0.396 e. The first kappa shape index (κ1) is 16.4. The molecule has 0 aromatic heterocycles. The summed E-state index contributed by atoms with van der Waals surface area (Å²) in [7, 11) is 0. The Kier molecular flexibility index (Phi) is 6.80. The molecule has 1 atom stereocenters. The van der Waals surface area contributed by atoms with Crippen LogP contribution >= 0.6 is 12.4 Å². The highest BCUT2D eigenvalue weighted by molar-refractivity contribution is 5.85. The topological polar surface area (TPSA) is 35.5 Å². The Morgan fingerprint density at radius 3 is 2.58 bits per heavy atom. The second-order valence-corrected chi connectivity index (χ2v) is 5.17. The molecule has 0 amide bonds. The van der Waals surface area contributed by atoms with E-state index < -0.39 is 0 Å². The van der Waals surface area contributed by atoms with Crippen molar-refractivity contribution in [2.24, 2.45) is 0 Å². The van der Waals surface area contributed by atoms with Crippen LogP contribution in [0.4, 0.5) is 0 Å². The fourth-order valence-electron chi connectivity index (χ4n) is 2.77. The van der Waals surface area contributed by atoms with Crippen LogP contribution in [-0.4, -0.2) is 42.8 Å². The fraction of sp³-hybridized carbons (Fsp3) is 0.600. The first-order chi connectivity index (χ1) is 8.72. The molecule has 0 unspecified atom stereocenters. The molecule has 0 bridgehead atoms. The summed E-state index contributed by atoms with van der Waals surface area (Å²) >= 11 is 0. The molecule has 19 heavy (non-hydrogen) atoms. The van der Waals surface area contributed by atoms with Crippen LogP contribution in [0.2, 0.25) is 0 Å². The number of hydrogen-bond donors (Lipinski definition) is 2. The highest BCUT2D eigenvalue weighted by Crippen LogP contribution is 2.28. The van der Waals surface area contributed by atoms with Gasteiger partial charge in [-0.3, -0.25) is 4.90 Å². The summed E-state index contributed by atoms with van der Waals surface area (Å²) in [5.74, 6) is 0. The number of halogens is 1. The fourth-order valence-corrected chi connectivity index (χ4v) is 2.77. The SMILES string of the molecule is Cc1ccc(C)c([C@H](CCO)N2CCNCC2)c1.Cl. The van der Waals surface area contributed by atoms with E-state index in [-0.39, 0.29) is 19.0 Å². The van der Waals surface area contributed by atoms with Crippen molar-refractivity contribution in [3.8, 4) is 0 Å². The zero-order valence-electron chi connectivity index (χ0n) is 11.9. The number of nitrogens with one attached hydrogen (secondary N) is 1. The predicted molar refractivity (Wildman–Crippen MR) is 82.1 cm³/mol. The van der Waals surface area contributed by atoms with E-state index in [4.69, 9.17) is 0 Å². The normalized spacial score (nSPS) is 17.8. The summed E-state index contributed by atoms with van der Waals surface area (Å²) in [6.07, 6.45) is 0.824. The minimum absolute atomic E-state index is 0. The number of piperazine rings is 1.